The zero-order valence-corrected chi connectivity index (χ0v) is 18.1. The van der Waals surface area contributed by atoms with Gasteiger partial charge in [-0.2, -0.15) is 4.31 Å². The molecule has 1 aliphatic heterocycles. The summed E-state index contributed by atoms with van der Waals surface area (Å²) in [7, 11) is -2.23. The minimum atomic E-state index is -3.77. The van der Waals surface area contributed by atoms with Gasteiger partial charge in [0.25, 0.3) is 5.91 Å². The molecule has 1 saturated heterocycles. The molecule has 31 heavy (non-hydrogen) atoms. The number of ether oxygens (including phenoxy) is 3. The number of amides is 1. The first-order valence-corrected chi connectivity index (χ1v) is 11.0. The Kier molecular flexibility index (Phi) is 7.26. The molecule has 3 rings (SSSR count). The smallest absolute Gasteiger partial charge is 0.338 e. The summed E-state index contributed by atoms with van der Waals surface area (Å²) in [5, 5.41) is 2.60. The Bertz CT molecular complexity index is 1050. The van der Waals surface area contributed by atoms with Crippen molar-refractivity contribution in [3.63, 3.8) is 0 Å². The van der Waals surface area contributed by atoms with Crippen molar-refractivity contribution in [1.29, 1.82) is 0 Å². The fourth-order valence-corrected chi connectivity index (χ4v) is 4.68. The molecular formula is C21H24N2O7S. The number of sulfonamides is 1. The molecule has 0 aliphatic carbocycles. The second-order valence-electron chi connectivity index (χ2n) is 6.85. The van der Waals surface area contributed by atoms with E-state index in [0.717, 1.165) is 0 Å². The number of hydrogen-bond donors (Lipinski definition) is 1. The van der Waals surface area contributed by atoms with E-state index in [4.69, 9.17) is 14.2 Å². The van der Waals surface area contributed by atoms with Gasteiger partial charge in [0, 0.05) is 18.8 Å². The highest BCUT2D eigenvalue weighted by molar-refractivity contribution is 7.89. The van der Waals surface area contributed by atoms with Crippen molar-refractivity contribution in [3.05, 3.63) is 53.6 Å². The van der Waals surface area contributed by atoms with Gasteiger partial charge in [0.2, 0.25) is 10.0 Å². The molecule has 1 aliphatic rings. The maximum absolute atomic E-state index is 12.9. The molecule has 0 unspecified atom stereocenters. The Hall–Kier alpha value is -2.95. The predicted octanol–water partition coefficient (Wildman–Crippen LogP) is 1.82. The van der Waals surface area contributed by atoms with Crippen LogP contribution in [0, 0.1) is 6.92 Å². The number of anilines is 1. The van der Waals surface area contributed by atoms with Gasteiger partial charge >= 0.3 is 5.97 Å². The fraction of sp³-hybridized carbons (Fsp3) is 0.333. The molecule has 0 radical (unpaired) electrons. The van der Waals surface area contributed by atoms with Crippen molar-refractivity contribution in [2.45, 2.75) is 11.8 Å². The van der Waals surface area contributed by atoms with Crippen molar-refractivity contribution in [3.8, 4) is 5.75 Å². The second-order valence-corrected chi connectivity index (χ2v) is 8.76. The van der Waals surface area contributed by atoms with Crippen LogP contribution in [-0.4, -0.2) is 64.6 Å². The highest BCUT2D eigenvalue weighted by Gasteiger charge is 2.28. The second kappa shape index (κ2) is 9.90. The molecule has 10 heteroatoms. The first kappa shape index (κ1) is 22.7. The van der Waals surface area contributed by atoms with E-state index in [1.54, 1.807) is 37.3 Å². The number of hydrogen-bond acceptors (Lipinski definition) is 7. The lowest BCUT2D eigenvalue weighted by Crippen LogP contribution is -2.40. The number of carbonyl (C=O) groups is 2. The van der Waals surface area contributed by atoms with Crippen molar-refractivity contribution in [1.82, 2.24) is 4.31 Å². The van der Waals surface area contributed by atoms with Gasteiger partial charge in [-0.05, 0) is 48.9 Å². The maximum Gasteiger partial charge on any atom is 0.338 e. The highest BCUT2D eigenvalue weighted by Crippen LogP contribution is 2.23. The van der Waals surface area contributed by atoms with Gasteiger partial charge < -0.3 is 19.5 Å². The van der Waals surface area contributed by atoms with Gasteiger partial charge in [0.1, 0.15) is 5.75 Å². The lowest BCUT2D eigenvalue weighted by molar-refractivity contribution is -0.119. The number of benzene rings is 2. The molecule has 0 aromatic heterocycles. The minimum Gasteiger partial charge on any atom is -0.497 e. The monoisotopic (exact) mass is 448 g/mol. The SMILES string of the molecule is COc1ccc(NC(=O)COC(=O)c2ccc(C)c(S(=O)(=O)N3CCOCC3)c2)cc1. The number of esters is 1. The van der Waals surface area contributed by atoms with Crippen LogP contribution in [0.1, 0.15) is 15.9 Å². The van der Waals surface area contributed by atoms with E-state index >= 15 is 0 Å². The van der Waals surface area contributed by atoms with E-state index in [-0.39, 0.29) is 23.5 Å². The van der Waals surface area contributed by atoms with Crippen LogP contribution in [0.4, 0.5) is 5.69 Å². The van der Waals surface area contributed by atoms with Crippen LogP contribution in [-0.2, 0) is 24.3 Å². The largest absolute Gasteiger partial charge is 0.497 e. The number of nitrogens with one attached hydrogen (secondary N) is 1. The standard InChI is InChI=1S/C21H24N2O7S/c1-15-3-4-16(13-19(15)31(26,27)23-9-11-29-12-10-23)21(25)30-14-20(24)22-17-5-7-18(28-2)8-6-17/h3-8,13H,9-12,14H2,1-2H3,(H,22,24). The molecule has 166 valence electrons. The van der Waals surface area contributed by atoms with Gasteiger partial charge in [0.15, 0.2) is 6.61 Å². The summed E-state index contributed by atoms with van der Waals surface area (Å²) in [6, 6.07) is 11.0. The summed E-state index contributed by atoms with van der Waals surface area (Å²) < 4.78 is 42.5. The summed E-state index contributed by atoms with van der Waals surface area (Å²) in [4.78, 5) is 24.5. The number of aryl methyl sites for hydroxylation is 1. The topological polar surface area (TPSA) is 111 Å². The Labute approximate surface area is 181 Å². The molecule has 0 atom stereocenters. The first-order chi connectivity index (χ1) is 14.8. The van der Waals surface area contributed by atoms with Crippen molar-refractivity contribution < 1.29 is 32.2 Å². The minimum absolute atomic E-state index is 0.0338. The lowest BCUT2D eigenvalue weighted by atomic mass is 10.1. The normalized spacial score (nSPS) is 14.6. The van der Waals surface area contributed by atoms with Crippen LogP contribution < -0.4 is 10.1 Å². The Morgan fingerprint density at radius 1 is 1.10 bits per heavy atom. The van der Waals surface area contributed by atoms with E-state index in [9.17, 15) is 18.0 Å². The van der Waals surface area contributed by atoms with Gasteiger partial charge in [0.05, 0.1) is 30.8 Å². The van der Waals surface area contributed by atoms with Crippen LogP contribution >= 0.6 is 0 Å². The molecule has 2 aromatic rings. The number of carbonyl (C=O) groups excluding carboxylic acids is 2. The summed E-state index contributed by atoms with van der Waals surface area (Å²) in [5.41, 5.74) is 1.09. The molecule has 9 nitrogen and oxygen atoms in total. The average molecular weight is 448 g/mol. The molecule has 1 heterocycles. The van der Waals surface area contributed by atoms with Gasteiger partial charge in [-0.15, -0.1) is 0 Å². The molecule has 0 spiro atoms. The average Bonchev–Trinajstić information content (AvgIpc) is 2.78. The number of morpholine rings is 1. The van der Waals surface area contributed by atoms with Crippen LogP contribution in [0.15, 0.2) is 47.4 Å². The van der Waals surface area contributed by atoms with Gasteiger partial charge in [-0.25, -0.2) is 13.2 Å². The number of nitrogens with zero attached hydrogens (tertiary/aromatic N) is 1. The molecule has 1 amide bonds. The van der Waals surface area contributed by atoms with Crippen LogP contribution in [0.5, 0.6) is 5.75 Å². The molecular weight excluding hydrogens is 424 g/mol. The first-order valence-electron chi connectivity index (χ1n) is 9.61. The fourth-order valence-electron chi connectivity index (χ4n) is 3.02. The van der Waals surface area contributed by atoms with Crippen molar-refractivity contribution >= 4 is 27.6 Å². The lowest BCUT2D eigenvalue weighted by Gasteiger charge is -2.26. The van der Waals surface area contributed by atoms with E-state index in [1.165, 1.54) is 23.5 Å². The Balaban J connectivity index is 1.65. The van der Waals surface area contributed by atoms with Crippen LogP contribution in [0.25, 0.3) is 0 Å². The molecule has 2 aromatic carbocycles. The molecule has 1 N–H and O–H groups in total. The zero-order valence-electron chi connectivity index (χ0n) is 17.3. The van der Waals surface area contributed by atoms with Crippen molar-refractivity contribution in [2.24, 2.45) is 0 Å². The summed E-state index contributed by atoms with van der Waals surface area (Å²) in [6.45, 7) is 2.30. The quantitative estimate of drug-likeness (QED) is 0.643. The van der Waals surface area contributed by atoms with E-state index in [2.05, 4.69) is 5.32 Å². The van der Waals surface area contributed by atoms with Crippen LogP contribution in [0.2, 0.25) is 0 Å². The third kappa shape index (κ3) is 5.60. The third-order valence-corrected chi connectivity index (χ3v) is 6.76. The molecule has 0 bridgehead atoms. The van der Waals surface area contributed by atoms with Crippen molar-refractivity contribution in [2.75, 3.05) is 45.3 Å². The van der Waals surface area contributed by atoms with E-state index < -0.39 is 28.5 Å². The Morgan fingerprint density at radius 2 is 1.77 bits per heavy atom. The number of methoxy groups -OCH3 is 1. The summed E-state index contributed by atoms with van der Waals surface area (Å²) >= 11 is 0. The van der Waals surface area contributed by atoms with E-state index in [0.29, 0.717) is 30.2 Å². The van der Waals surface area contributed by atoms with Gasteiger partial charge in [-0.3, -0.25) is 4.79 Å². The molecule has 1 fully saturated rings. The van der Waals surface area contributed by atoms with Crippen LogP contribution in [0.3, 0.4) is 0 Å². The zero-order chi connectivity index (χ0) is 22.4. The van der Waals surface area contributed by atoms with E-state index in [1.807, 2.05) is 0 Å². The summed E-state index contributed by atoms with van der Waals surface area (Å²) in [5.74, 6) is -0.665. The predicted molar refractivity (Wildman–Crippen MR) is 113 cm³/mol. The highest BCUT2D eigenvalue weighted by atomic mass is 32.2. The Morgan fingerprint density at radius 3 is 2.42 bits per heavy atom. The summed E-state index contributed by atoms with van der Waals surface area (Å²) in [6.07, 6.45) is 0. The van der Waals surface area contributed by atoms with Gasteiger partial charge in [-0.1, -0.05) is 6.07 Å². The molecule has 0 saturated carbocycles. The third-order valence-electron chi connectivity index (χ3n) is 4.72. The maximum atomic E-state index is 12.9. The number of rotatable bonds is 7.